The molecule has 0 fully saturated rings. The van der Waals surface area contributed by atoms with Crippen molar-refractivity contribution in [2.45, 2.75) is 26.7 Å². The number of aromatic carboxylic acids is 1. The molecule has 0 aromatic heterocycles. The molecule has 1 atom stereocenters. The molecule has 0 bridgehead atoms. The van der Waals surface area contributed by atoms with Crippen molar-refractivity contribution in [1.29, 1.82) is 0 Å². The van der Waals surface area contributed by atoms with E-state index in [2.05, 4.69) is 13.8 Å². The van der Waals surface area contributed by atoms with Crippen LogP contribution in [0, 0.1) is 5.92 Å². The lowest BCUT2D eigenvalue weighted by molar-refractivity contribution is 0.0691. The Bertz CT molecular complexity index is 604. The minimum Gasteiger partial charge on any atom is -0.492 e. The van der Waals surface area contributed by atoms with Gasteiger partial charge in [-0.3, -0.25) is 0 Å². The molecule has 0 aliphatic rings. The van der Waals surface area contributed by atoms with Crippen LogP contribution in [0.25, 0.3) is 10.8 Å². The summed E-state index contributed by atoms with van der Waals surface area (Å²) >= 11 is 0. The van der Waals surface area contributed by atoms with Crippen LogP contribution < -0.4 is 4.74 Å². The zero-order chi connectivity index (χ0) is 14.5. The first-order chi connectivity index (χ1) is 9.61. The van der Waals surface area contributed by atoms with E-state index in [0.29, 0.717) is 18.3 Å². The summed E-state index contributed by atoms with van der Waals surface area (Å²) in [4.78, 5) is 11.4. The minimum absolute atomic E-state index is 0.229. The van der Waals surface area contributed by atoms with Gasteiger partial charge in [0.25, 0.3) is 0 Å². The molecule has 2 rings (SSSR count). The fourth-order valence-electron chi connectivity index (χ4n) is 2.31. The maximum atomic E-state index is 11.4. The van der Waals surface area contributed by atoms with E-state index in [9.17, 15) is 9.90 Å². The maximum absolute atomic E-state index is 11.4. The molecule has 2 aromatic rings. The summed E-state index contributed by atoms with van der Waals surface area (Å²) in [5.74, 6) is -0.0684. The molecule has 0 heterocycles. The standard InChI is InChI=1S/C17H20O3/c1-3-6-12(2)11-20-16-10-14-8-5-4-7-13(14)9-15(16)17(18)19/h4-5,7-10,12H,3,6,11H2,1-2H3,(H,18,19). The molecule has 106 valence electrons. The molecule has 3 heteroatoms. The summed E-state index contributed by atoms with van der Waals surface area (Å²) in [5, 5.41) is 11.2. The number of rotatable bonds is 6. The van der Waals surface area contributed by atoms with Gasteiger partial charge >= 0.3 is 5.97 Å². The molecule has 0 saturated carbocycles. The quantitative estimate of drug-likeness (QED) is 0.850. The Morgan fingerprint density at radius 1 is 1.25 bits per heavy atom. The molecular formula is C17H20O3. The third-order valence-corrected chi connectivity index (χ3v) is 3.38. The average Bonchev–Trinajstić information content (AvgIpc) is 2.44. The highest BCUT2D eigenvalue weighted by molar-refractivity contribution is 5.97. The number of benzene rings is 2. The Hall–Kier alpha value is -2.03. The Balaban J connectivity index is 2.30. The number of ether oxygens (including phenoxy) is 1. The van der Waals surface area contributed by atoms with Crippen LogP contribution in [0.5, 0.6) is 5.75 Å². The molecule has 1 unspecified atom stereocenters. The van der Waals surface area contributed by atoms with Crippen LogP contribution in [0.4, 0.5) is 0 Å². The highest BCUT2D eigenvalue weighted by Gasteiger charge is 2.14. The van der Waals surface area contributed by atoms with Gasteiger partial charge in [-0.15, -0.1) is 0 Å². The Morgan fingerprint density at radius 3 is 2.50 bits per heavy atom. The van der Waals surface area contributed by atoms with Gasteiger partial charge in [0.05, 0.1) is 6.61 Å². The molecular weight excluding hydrogens is 252 g/mol. The number of carbonyl (C=O) groups is 1. The lowest BCUT2D eigenvalue weighted by Crippen LogP contribution is -2.11. The first kappa shape index (κ1) is 14.4. The van der Waals surface area contributed by atoms with E-state index in [-0.39, 0.29) is 5.56 Å². The third-order valence-electron chi connectivity index (χ3n) is 3.38. The van der Waals surface area contributed by atoms with Crippen molar-refractivity contribution in [3.63, 3.8) is 0 Å². The van der Waals surface area contributed by atoms with Crippen molar-refractivity contribution in [3.8, 4) is 5.75 Å². The molecule has 0 spiro atoms. The molecule has 2 aromatic carbocycles. The second-order valence-corrected chi connectivity index (χ2v) is 5.21. The third kappa shape index (κ3) is 3.29. The van der Waals surface area contributed by atoms with Crippen LogP contribution in [0.1, 0.15) is 37.0 Å². The van der Waals surface area contributed by atoms with Crippen LogP contribution in [0.2, 0.25) is 0 Å². The van der Waals surface area contributed by atoms with Gasteiger partial charge < -0.3 is 9.84 Å². The molecule has 0 radical (unpaired) electrons. The number of hydrogen-bond acceptors (Lipinski definition) is 2. The van der Waals surface area contributed by atoms with Gasteiger partial charge in [-0.2, -0.15) is 0 Å². The van der Waals surface area contributed by atoms with E-state index in [1.807, 2.05) is 30.3 Å². The monoisotopic (exact) mass is 272 g/mol. The number of fused-ring (bicyclic) bond motifs is 1. The first-order valence-electron chi connectivity index (χ1n) is 7.00. The fourth-order valence-corrected chi connectivity index (χ4v) is 2.31. The van der Waals surface area contributed by atoms with E-state index in [1.165, 1.54) is 0 Å². The predicted octanol–water partition coefficient (Wildman–Crippen LogP) is 4.35. The molecule has 1 N–H and O–H groups in total. The van der Waals surface area contributed by atoms with E-state index < -0.39 is 5.97 Å². The lowest BCUT2D eigenvalue weighted by Gasteiger charge is -2.14. The van der Waals surface area contributed by atoms with Crippen LogP contribution in [0.3, 0.4) is 0 Å². The van der Waals surface area contributed by atoms with Gasteiger partial charge in [0, 0.05) is 0 Å². The van der Waals surface area contributed by atoms with Gasteiger partial charge in [0.2, 0.25) is 0 Å². The molecule has 0 aliphatic heterocycles. The molecule has 20 heavy (non-hydrogen) atoms. The SMILES string of the molecule is CCCC(C)COc1cc2ccccc2cc1C(=O)O. The van der Waals surface area contributed by atoms with E-state index in [4.69, 9.17) is 4.74 Å². The van der Waals surface area contributed by atoms with Crippen LogP contribution in [0.15, 0.2) is 36.4 Å². The highest BCUT2D eigenvalue weighted by Crippen LogP contribution is 2.26. The van der Waals surface area contributed by atoms with E-state index in [0.717, 1.165) is 23.6 Å². The van der Waals surface area contributed by atoms with E-state index >= 15 is 0 Å². The second kappa shape index (κ2) is 6.42. The van der Waals surface area contributed by atoms with Gasteiger partial charge in [0.1, 0.15) is 11.3 Å². The average molecular weight is 272 g/mol. The predicted molar refractivity (Wildman–Crippen MR) is 80.5 cm³/mol. The van der Waals surface area contributed by atoms with Crippen LogP contribution in [-0.4, -0.2) is 17.7 Å². The van der Waals surface area contributed by atoms with Crippen LogP contribution in [-0.2, 0) is 0 Å². The zero-order valence-electron chi connectivity index (χ0n) is 11.9. The molecule has 0 aliphatic carbocycles. The molecule has 3 nitrogen and oxygen atoms in total. The first-order valence-corrected chi connectivity index (χ1v) is 7.00. The largest absolute Gasteiger partial charge is 0.492 e. The summed E-state index contributed by atoms with van der Waals surface area (Å²) in [6.07, 6.45) is 2.18. The highest BCUT2D eigenvalue weighted by atomic mass is 16.5. The lowest BCUT2D eigenvalue weighted by atomic mass is 10.1. The van der Waals surface area contributed by atoms with Crippen molar-refractivity contribution in [1.82, 2.24) is 0 Å². The fraction of sp³-hybridized carbons (Fsp3) is 0.353. The number of carboxylic acids is 1. The minimum atomic E-state index is -0.950. The van der Waals surface area contributed by atoms with Crippen molar-refractivity contribution < 1.29 is 14.6 Å². The Labute approximate surface area is 119 Å². The van der Waals surface area contributed by atoms with Crippen molar-refractivity contribution >= 4 is 16.7 Å². The van der Waals surface area contributed by atoms with Crippen molar-refractivity contribution in [3.05, 3.63) is 42.0 Å². The van der Waals surface area contributed by atoms with Gasteiger partial charge in [-0.1, -0.05) is 44.5 Å². The van der Waals surface area contributed by atoms with E-state index in [1.54, 1.807) is 6.07 Å². The summed E-state index contributed by atoms with van der Waals surface area (Å²) in [6, 6.07) is 11.2. The summed E-state index contributed by atoms with van der Waals surface area (Å²) < 4.78 is 5.74. The number of hydrogen-bond donors (Lipinski definition) is 1. The summed E-state index contributed by atoms with van der Waals surface area (Å²) in [5.41, 5.74) is 0.229. The number of carboxylic acid groups (broad SMARTS) is 1. The summed E-state index contributed by atoms with van der Waals surface area (Å²) in [7, 11) is 0. The van der Waals surface area contributed by atoms with Crippen molar-refractivity contribution in [2.75, 3.05) is 6.61 Å². The van der Waals surface area contributed by atoms with Crippen LogP contribution >= 0.6 is 0 Å². The Kier molecular flexibility index (Phi) is 4.61. The zero-order valence-corrected chi connectivity index (χ0v) is 11.9. The maximum Gasteiger partial charge on any atom is 0.339 e. The van der Waals surface area contributed by atoms with Crippen molar-refractivity contribution in [2.24, 2.45) is 5.92 Å². The second-order valence-electron chi connectivity index (χ2n) is 5.21. The molecule has 0 saturated heterocycles. The summed E-state index contributed by atoms with van der Waals surface area (Å²) in [6.45, 7) is 4.80. The molecule has 0 amide bonds. The van der Waals surface area contributed by atoms with Gasteiger partial charge in [0.15, 0.2) is 0 Å². The normalized spacial score (nSPS) is 12.3. The Morgan fingerprint density at radius 2 is 1.90 bits per heavy atom. The van der Waals surface area contributed by atoms with Gasteiger partial charge in [-0.05, 0) is 35.2 Å². The topological polar surface area (TPSA) is 46.5 Å². The smallest absolute Gasteiger partial charge is 0.339 e. The van der Waals surface area contributed by atoms with Gasteiger partial charge in [-0.25, -0.2) is 4.79 Å².